The van der Waals surface area contributed by atoms with E-state index in [9.17, 15) is 4.79 Å². The van der Waals surface area contributed by atoms with E-state index in [1.165, 1.54) is 18.4 Å². The zero-order chi connectivity index (χ0) is 19.8. The number of ether oxygens (including phenoxy) is 1. The van der Waals surface area contributed by atoms with Gasteiger partial charge in [-0.25, -0.2) is 0 Å². The van der Waals surface area contributed by atoms with Gasteiger partial charge in [0.1, 0.15) is 5.75 Å². The van der Waals surface area contributed by atoms with Gasteiger partial charge in [0.2, 0.25) is 0 Å². The average molecular weight is 386 g/mol. The summed E-state index contributed by atoms with van der Waals surface area (Å²) in [4.78, 5) is 16.2. The van der Waals surface area contributed by atoms with Gasteiger partial charge in [-0.1, -0.05) is 54.6 Å². The lowest BCUT2D eigenvalue weighted by atomic mass is 9.83. The fourth-order valence-electron chi connectivity index (χ4n) is 5.42. The Morgan fingerprint density at radius 3 is 2.24 bits per heavy atom. The molecule has 2 fully saturated rings. The highest BCUT2D eigenvalue weighted by atomic mass is 16.5. The number of benzene rings is 3. The molecule has 3 heteroatoms. The van der Waals surface area contributed by atoms with Crippen LogP contribution in [-0.4, -0.2) is 29.9 Å². The van der Waals surface area contributed by atoms with Gasteiger partial charge in [-0.2, -0.15) is 0 Å². The van der Waals surface area contributed by atoms with Crippen LogP contribution in [0.5, 0.6) is 5.75 Å². The molecule has 3 aromatic carbocycles. The van der Waals surface area contributed by atoms with Crippen molar-refractivity contribution in [3.05, 3.63) is 77.9 Å². The fraction of sp³-hybridized carbons (Fsp3) is 0.346. The molecule has 5 rings (SSSR count). The van der Waals surface area contributed by atoms with Gasteiger partial charge in [-0.15, -0.1) is 0 Å². The Bertz CT molecular complexity index is 1020. The molecule has 29 heavy (non-hydrogen) atoms. The molecule has 2 aliphatic heterocycles. The van der Waals surface area contributed by atoms with E-state index in [1.54, 1.807) is 7.11 Å². The van der Waals surface area contributed by atoms with E-state index in [0.717, 1.165) is 41.5 Å². The number of nitrogens with zero attached hydrogens (tertiary/aromatic N) is 1. The third kappa shape index (κ3) is 3.34. The maximum atomic E-state index is 13.5. The summed E-state index contributed by atoms with van der Waals surface area (Å²) in [5.74, 6) is 1.26. The topological polar surface area (TPSA) is 29.5 Å². The Balaban J connectivity index is 1.39. The summed E-state index contributed by atoms with van der Waals surface area (Å²) in [5.41, 5.74) is 2.22. The van der Waals surface area contributed by atoms with Crippen molar-refractivity contribution in [1.29, 1.82) is 0 Å². The lowest BCUT2D eigenvalue weighted by Crippen LogP contribution is -2.44. The standard InChI is InChI=1S/C26H27NO2/c1-29-25-14-13-24(22-9-5-6-10-23(22)25)26(28)19-15-20-11-12-21(16-19)27(20)17-18-7-3-2-4-8-18/h2-10,13-14,19-21H,11-12,15-17H2,1H3. The molecule has 0 N–H and O–H groups in total. The zero-order valence-electron chi connectivity index (χ0n) is 16.9. The monoisotopic (exact) mass is 385 g/mol. The molecule has 0 aromatic heterocycles. The number of methoxy groups -OCH3 is 1. The van der Waals surface area contributed by atoms with Crippen LogP contribution >= 0.6 is 0 Å². The van der Waals surface area contributed by atoms with Crippen LogP contribution in [0.4, 0.5) is 0 Å². The second kappa shape index (κ2) is 7.64. The highest BCUT2D eigenvalue weighted by molar-refractivity contribution is 6.10. The largest absolute Gasteiger partial charge is 0.496 e. The van der Waals surface area contributed by atoms with E-state index in [0.29, 0.717) is 17.9 Å². The van der Waals surface area contributed by atoms with E-state index in [2.05, 4.69) is 35.2 Å². The number of carbonyl (C=O) groups excluding carboxylic acids is 1. The molecular weight excluding hydrogens is 358 g/mol. The number of ketones is 1. The lowest BCUT2D eigenvalue weighted by molar-refractivity contribution is 0.0679. The second-order valence-corrected chi connectivity index (χ2v) is 8.44. The van der Waals surface area contributed by atoms with Crippen molar-refractivity contribution in [3.63, 3.8) is 0 Å². The van der Waals surface area contributed by atoms with E-state index >= 15 is 0 Å². The van der Waals surface area contributed by atoms with Gasteiger partial charge in [0.25, 0.3) is 0 Å². The SMILES string of the molecule is COc1ccc(C(=O)C2CC3CCC(C2)N3Cc2ccccc2)c2ccccc12. The highest BCUT2D eigenvalue weighted by Crippen LogP contribution is 2.41. The van der Waals surface area contributed by atoms with Crippen molar-refractivity contribution in [3.8, 4) is 5.75 Å². The van der Waals surface area contributed by atoms with Crippen molar-refractivity contribution >= 4 is 16.6 Å². The summed E-state index contributed by atoms with van der Waals surface area (Å²) < 4.78 is 5.50. The third-order valence-corrected chi connectivity index (χ3v) is 6.83. The molecule has 0 spiro atoms. The first-order valence-corrected chi connectivity index (χ1v) is 10.6. The van der Waals surface area contributed by atoms with Crippen LogP contribution in [0, 0.1) is 5.92 Å². The van der Waals surface area contributed by atoms with Crippen molar-refractivity contribution < 1.29 is 9.53 Å². The molecule has 2 saturated heterocycles. The molecule has 2 bridgehead atoms. The normalized spacial score (nSPS) is 24.0. The van der Waals surface area contributed by atoms with Crippen LogP contribution in [0.3, 0.4) is 0 Å². The van der Waals surface area contributed by atoms with Gasteiger partial charge in [0.15, 0.2) is 5.78 Å². The molecule has 0 amide bonds. The summed E-state index contributed by atoms with van der Waals surface area (Å²) in [6.45, 7) is 1.00. The minimum Gasteiger partial charge on any atom is -0.496 e. The first kappa shape index (κ1) is 18.4. The molecule has 2 heterocycles. The number of carbonyl (C=O) groups is 1. The molecule has 0 aliphatic carbocycles. The molecule has 3 aromatic rings. The zero-order valence-corrected chi connectivity index (χ0v) is 16.9. The molecular formula is C26H27NO2. The van der Waals surface area contributed by atoms with Gasteiger partial charge in [0, 0.05) is 35.5 Å². The summed E-state index contributed by atoms with van der Waals surface area (Å²) in [6, 6.07) is 23.7. The lowest BCUT2D eigenvalue weighted by Gasteiger charge is -2.38. The van der Waals surface area contributed by atoms with Gasteiger partial charge in [0.05, 0.1) is 7.11 Å². The van der Waals surface area contributed by atoms with Gasteiger partial charge < -0.3 is 4.74 Å². The van der Waals surface area contributed by atoms with Crippen LogP contribution in [0.15, 0.2) is 66.7 Å². The number of hydrogen-bond donors (Lipinski definition) is 0. The maximum Gasteiger partial charge on any atom is 0.166 e. The molecule has 2 unspecified atom stereocenters. The van der Waals surface area contributed by atoms with Crippen molar-refractivity contribution in [2.24, 2.45) is 5.92 Å². The summed E-state index contributed by atoms with van der Waals surface area (Å²) in [6.07, 6.45) is 4.38. The molecule has 148 valence electrons. The van der Waals surface area contributed by atoms with Crippen molar-refractivity contribution in [1.82, 2.24) is 4.90 Å². The quantitative estimate of drug-likeness (QED) is 0.545. The number of Topliss-reactive ketones (excluding diaryl/α,β-unsaturated/α-hetero) is 1. The Hall–Kier alpha value is -2.65. The molecule has 0 radical (unpaired) electrons. The summed E-state index contributed by atoms with van der Waals surface area (Å²) >= 11 is 0. The maximum absolute atomic E-state index is 13.5. The van der Waals surface area contributed by atoms with Crippen LogP contribution < -0.4 is 4.74 Å². The Kier molecular flexibility index (Phi) is 4.84. The predicted octanol–water partition coefficient (Wildman–Crippen LogP) is 5.47. The van der Waals surface area contributed by atoms with Gasteiger partial charge in [-0.3, -0.25) is 9.69 Å². The van der Waals surface area contributed by atoms with E-state index < -0.39 is 0 Å². The molecule has 2 atom stereocenters. The summed E-state index contributed by atoms with van der Waals surface area (Å²) in [7, 11) is 1.68. The van der Waals surface area contributed by atoms with Crippen LogP contribution in [0.25, 0.3) is 10.8 Å². The third-order valence-electron chi connectivity index (χ3n) is 6.83. The first-order valence-electron chi connectivity index (χ1n) is 10.6. The Labute approximate surface area is 172 Å². The average Bonchev–Trinajstić information content (AvgIpc) is 2.99. The Morgan fingerprint density at radius 1 is 0.897 bits per heavy atom. The van der Waals surface area contributed by atoms with Crippen LogP contribution in [-0.2, 0) is 6.54 Å². The van der Waals surface area contributed by atoms with E-state index in [-0.39, 0.29) is 5.92 Å². The molecule has 3 nitrogen and oxygen atoms in total. The number of piperidine rings is 1. The summed E-state index contributed by atoms with van der Waals surface area (Å²) in [5, 5.41) is 2.03. The highest BCUT2D eigenvalue weighted by Gasteiger charge is 2.43. The number of hydrogen-bond acceptors (Lipinski definition) is 3. The van der Waals surface area contributed by atoms with Crippen molar-refractivity contribution in [2.75, 3.05) is 7.11 Å². The smallest absolute Gasteiger partial charge is 0.166 e. The van der Waals surface area contributed by atoms with Crippen LogP contribution in [0.1, 0.15) is 41.6 Å². The van der Waals surface area contributed by atoms with Crippen LogP contribution in [0.2, 0.25) is 0 Å². The number of rotatable bonds is 5. The second-order valence-electron chi connectivity index (χ2n) is 8.44. The first-order chi connectivity index (χ1) is 14.2. The van der Waals surface area contributed by atoms with Gasteiger partial charge in [-0.05, 0) is 48.8 Å². The molecule has 2 aliphatic rings. The van der Waals surface area contributed by atoms with Gasteiger partial charge >= 0.3 is 0 Å². The van der Waals surface area contributed by atoms with E-state index in [4.69, 9.17) is 4.74 Å². The Morgan fingerprint density at radius 2 is 1.55 bits per heavy atom. The van der Waals surface area contributed by atoms with Crippen molar-refractivity contribution in [2.45, 2.75) is 44.3 Å². The minimum atomic E-state index is 0.122. The molecule has 0 saturated carbocycles. The predicted molar refractivity (Wildman–Crippen MR) is 116 cm³/mol. The minimum absolute atomic E-state index is 0.122. The van der Waals surface area contributed by atoms with E-state index in [1.807, 2.05) is 36.4 Å². The fourth-order valence-corrected chi connectivity index (χ4v) is 5.42. The number of fused-ring (bicyclic) bond motifs is 3.